The van der Waals surface area contributed by atoms with Crippen molar-refractivity contribution in [3.63, 3.8) is 0 Å². The third kappa shape index (κ3) is 3.18. The van der Waals surface area contributed by atoms with E-state index in [4.69, 9.17) is 0 Å². The highest BCUT2D eigenvalue weighted by Gasteiger charge is 2.39. The Labute approximate surface area is 118 Å². The zero-order chi connectivity index (χ0) is 14.6. The molecule has 1 atom stereocenters. The first-order valence-corrected chi connectivity index (χ1v) is 6.61. The van der Waals surface area contributed by atoms with Gasteiger partial charge in [-0.15, -0.1) is 0 Å². The number of benzene rings is 1. The van der Waals surface area contributed by atoms with Crippen LogP contribution in [-0.4, -0.2) is 35.0 Å². The number of carbonyl (C=O) groups is 2. The Morgan fingerprint density at radius 2 is 2.00 bits per heavy atom. The van der Waals surface area contributed by atoms with Crippen LogP contribution in [0.5, 0.6) is 0 Å². The number of hydrogen-bond acceptors (Lipinski definition) is 2. The normalized spacial score (nSPS) is 21.8. The summed E-state index contributed by atoms with van der Waals surface area (Å²) < 4.78 is 0. The summed E-state index contributed by atoms with van der Waals surface area (Å²) in [7, 11) is 0. The maximum Gasteiger partial charge on any atom is 0.311 e. The van der Waals surface area contributed by atoms with E-state index < -0.39 is 11.4 Å². The number of aliphatic carboxylic acids is 1. The molecular formula is C16H17NO3. The zero-order valence-electron chi connectivity index (χ0n) is 11.4. The van der Waals surface area contributed by atoms with Crippen molar-refractivity contribution < 1.29 is 14.7 Å². The molecule has 1 heterocycles. The summed E-state index contributed by atoms with van der Waals surface area (Å²) in [5.74, 6) is 4.24. The molecule has 1 aromatic rings. The summed E-state index contributed by atoms with van der Waals surface area (Å²) in [5.41, 5.74) is -0.0821. The van der Waals surface area contributed by atoms with Crippen LogP contribution in [-0.2, 0) is 9.59 Å². The van der Waals surface area contributed by atoms with Crippen molar-refractivity contribution in [1.82, 2.24) is 4.90 Å². The molecule has 2 rings (SSSR count). The Bertz CT molecular complexity index is 570. The lowest BCUT2D eigenvalue weighted by Gasteiger charge is -2.36. The Morgan fingerprint density at radius 1 is 1.30 bits per heavy atom. The Balaban J connectivity index is 2.07. The molecule has 0 spiro atoms. The molecule has 0 saturated carbocycles. The fourth-order valence-corrected chi connectivity index (χ4v) is 2.31. The van der Waals surface area contributed by atoms with E-state index in [0.717, 1.165) is 5.56 Å². The molecule has 0 radical (unpaired) electrons. The average Bonchev–Trinajstić information content (AvgIpc) is 2.46. The van der Waals surface area contributed by atoms with Crippen LogP contribution < -0.4 is 0 Å². The van der Waals surface area contributed by atoms with Crippen molar-refractivity contribution in [3.05, 3.63) is 35.9 Å². The second-order valence-corrected chi connectivity index (χ2v) is 5.31. The predicted octanol–water partition coefficient (Wildman–Crippen LogP) is 1.75. The van der Waals surface area contributed by atoms with Gasteiger partial charge in [-0.05, 0) is 31.9 Å². The molecule has 4 heteroatoms. The fraction of sp³-hybridized carbons (Fsp3) is 0.375. The molecule has 20 heavy (non-hydrogen) atoms. The minimum absolute atomic E-state index is 0.227. The van der Waals surface area contributed by atoms with E-state index in [0.29, 0.717) is 19.4 Å². The van der Waals surface area contributed by atoms with Gasteiger partial charge in [0.05, 0.1) is 5.41 Å². The molecule has 1 N–H and O–H groups in total. The maximum absolute atomic E-state index is 12.0. The minimum atomic E-state index is -0.859. The standard InChI is InChI=1S/C16H17NO3/c1-16(15(19)20)10-5-11-17(12-16)14(18)9-8-13-6-3-2-4-7-13/h2-4,6-7H,5,10-12H2,1H3,(H,19,20). The minimum Gasteiger partial charge on any atom is -0.481 e. The molecule has 0 aliphatic carbocycles. The van der Waals surface area contributed by atoms with Gasteiger partial charge in [0.2, 0.25) is 0 Å². The van der Waals surface area contributed by atoms with Gasteiger partial charge in [-0.3, -0.25) is 9.59 Å². The van der Waals surface area contributed by atoms with Crippen LogP contribution in [0.15, 0.2) is 30.3 Å². The lowest BCUT2D eigenvalue weighted by Crippen LogP contribution is -2.48. The van der Waals surface area contributed by atoms with E-state index in [1.54, 1.807) is 6.92 Å². The van der Waals surface area contributed by atoms with Crippen LogP contribution in [0, 0.1) is 17.3 Å². The van der Waals surface area contributed by atoms with Crippen molar-refractivity contribution in [2.75, 3.05) is 13.1 Å². The SMILES string of the molecule is CC1(C(=O)O)CCCN(C(=O)C#Cc2ccccc2)C1. The highest BCUT2D eigenvalue weighted by molar-refractivity contribution is 5.94. The van der Waals surface area contributed by atoms with Gasteiger partial charge in [-0.2, -0.15) is 0 Å². The number of carbonyl (C=O) groups excluding carboxylic acids is 1. The van der Waals surface area contributed by atoms with E-state index >= 15 is 0 Å². The van der Waals surface area contributed by atoms with Crippen LogP contribution >= 0.6 is 0 Å². The third-order valence-electron chi connectivity index (χ3n) is 3.59. The Hall–Kier alpha value is -2.28. The quantitative estimate of drug-likeness (QED) is 0.792. The number of rotatable bonds is 1. The zero-order valence-corrected chi connectivity index (χ0v) is 11.4. The van der Waals surface area contributed by atoms with Crippen molar-refractivity contribution in [3.8, 4) is 11.8 Å². The first-order chi connectivity index (χ1) is 9.51. The first-order valence-electron chi connectivity index (χ1n) is 6.61. The highest BCUT2D eigenvalue weighted by atomic mass is 16.4. The summed E-state index contributed by atoms with van der Waals surface area (Å²) in [6, 6.07) is 9.26. The predicted molar refractivity (Wildman–Crippen MR) is 74.9 cm³/mol. The van der Waals surface area contributed by atoms with Crippen LogP contribution in [0.2, 0.25) is 0 Å². The van der Waals surface area contributed by atoms with Gasteiger partial charge in [0.1, 0.15) is 0 Å². The molecule has 1 aromatic carbocycles. The van der Waals surface area contributed by atoms with E-state index in [-0.39, 0.29) is 12.5 Å². The van der Waals surface area contributed by atoms with Gasteiger partial charge < -0.3 is 10.0 Å². The van der Waals surface area contributed by atoms with Crippen molar-refractivity contribution in [1.29, 1.82) is 0 Å². The number of piperidine rings is 1. The molecule has 104 valence electrons. The van der Waals surface area contributed by atoms with Gasteiger partial charge in [0.25, 0.3) is 5.91 Å². The van der Waals surface area contributed by atoms with Crippen LogP contribution in [0.1, 0.15) is 25.3 Å². The van der Waals surface area contributed by atoms with Crippen molar-refractivity contribution >= 4 is 11.9 Å². The molecule has 1 amide bonds. The lowest BCUT2D eigenvalue weighted by atomic mass is 9.82. The largest absolute Gasteiger partial charge is 0.481 e. The highest BCUT2D eigenvalue weighted by Crippen LogP contribution is 2.29. The van der Waals surface area contributed by atoms with Crippen LogP contribution in [0.4, 0.5) is 0 Å². The summed E-state index contributed by atoms with van der Waals surface area (Å²) in [5, 5.41) is 9.23. The monoisotopic (exact) mass is 271 g/mol. The molecule has 1 aliphatic rings. The molecule has 4 nitrogen and oxygen atoms in total. The first kappa shape index (κ1) is 14.1. The Kier molecular flexibility index (Phi) is 4.09. The maximum atomic E-state index is 12.0. The van der Waals surface area contributed by atoms with E-state index in [2.05, 4.69) is 11.8 Å². The molecule has 1 unspecified atom stereocenters. The smallest absolute Gasteiger partial charge is 0.311 e. The molecule has 1 saturated heterocycles. The van der Waals surface area contributed by atoms with E-state index in [1.165, 1.54) is 4.90 Å². The topological polar surface area (TPSA) is 57.6 Å². The second-order valence-electron chi connectivity index (χ2n) is 5.31. The summed E-state index contributed by atoms with van der Waals surface area (Å²) in [4.78, 5) is 24.8. The summed E-state index contributed by atoms with van der Waals surface area (Å²) in [6.07, 6.45) is 1.29. The van der Waals surface area contributed by atoms with E-state index in [9.17, 15) is 14.7 Å². The Morgan fingerprint density at radius 3 is 2.65 bits per heavy atom. The molecule has 0 bridgehead atoms. The number of carboxylic acid groups (broad SMARTS) is 1. The van der Waals surface area contributed by atoms with Gasteiger partial charge in [0.15, 0.2) is 0 Å². The van der Waals surface area contributed by atoms with Gasteiger partial charge in [0, 0.05) is 24.6 Å². The molecule has 1 fully saturated rings. The van der Waals surface area contributed by atoms with Crippen molar-refractivity contribution in [2.45, 2.75) is 19.8 Å². The number of hydrogen-bond donors (Lipinski definition) is 1. The third-order valence-corrected chi connectivity index (χ3v) is 3.59. The van der Waals surface area contributed by atoms with Gasteiger partial charge in [-0.1, -0.05) is 24.1 Å². The number of amides is 1. The van der Waals surface area contributed by atoms with Gasteiger partial charge in [-0.25, -0.2) is 0 Å². The molecule has 0 aromatic heterocycles. The number of likely N-dealkylation sites (tertiary alicyclic amines) is 1. The van der Waals surface area contributed by atoms with Gasteiger partial charge >= 0.3 is 5.97 Å². The van der Waals surface area contributed by atoms with Crippen molar-refractivity contribution in [2.24, 2.45) is 5.41 Å². The summed E-state index contributed by atoms with van der Waals surface area (Å²) in [6.45, 7) is 2.48. The average molecular weight is 271 g/mol. The number of nitrogens with zero attached hydrogens (tertiary/aromatic N) is 1. The molecule has 1 aliphatic heterocycles. The van der Waals surface area contributed by atoms with E-state index in [1.807, 2.05) is 30.3 Å². The lowest BCUT2D eigenvalue weighted by molar-refractivity contribution is -0.152. The van der Waals surface area contributed by atoms with Crippen LogP contribution in [0.3, 0.4) is 0 Å². The van der Waals surface area contributed by atoms with Crippen LogP contribution in [0.25, 0.3) is 0 Å². The second kappa shape index (κ2) is 5.79. The molecular weight excluding hydrogens is 254 g/mol. The fourth-order valence-electron chi connectivity index (χ4n) is 2.31. The summed E-state index contributed by atoms with van der Waals surface area (Å²) >= 11 is 0. The number of carboxylic acids is 1.